The highest BCUT2D eigenvalue weighted by molar-refractivity contribution is 5.62. The SMILES string of the molecule is CC1(C)CC[C@@H]2[C@@H](C1)Nc1ccc([N+](=O)[O-])cc1C2(C)C. The number of nitrogens with zero attached hydrogens (tertiary/aromatic N) is 1. The summed E-state index contributed by atoms with van der Waals surface area (Å²) in [5.41, 5.74) is 2.72. The van der Waals surface area contributed by atoms with Gasteiger partial charge >= 0.3 is 0 Å². The predicted octanol–water partition coefficient (Wildman–Crippen LogP) is 4.49. The molecule has 0 aromatic heterocycles. The van der Waals surface area contributed by atoms with Crippen LogP contribution in [0.1, 0.15) is 52.5 Å². The molecule has 1 aromatic rings. The second-order valence-electron chi connectivity index (χ2n) is 7.97. The van der Waals surface area contributed by atoms with Crippen molar-refractivity contribution in [3.05, 3.63) is 33.9 Å². The molecule has 2 aliphatic rings. The highest BCUT2D eigenvalue weighted by Gasteiger charge is 2.47. The van der Waals surface area contributed by atoms with Crippen LogP contribution >= 0.6 is 0 Å². The van der Waals surface area contributed by atoms with Gasteiger partial charge in [0.05, 0.1) is 4.92 Å². The molecule has 114 valence electrons. The number of fused-ring (bicyclic) bond motifs is 2. The van der Waals surface area contributed by atoms with Gasteiger partial charge in [-0.3, -0.25) is 10.1 Å². The highest BCUT2D eigenvalue weighted by atomic mass is 16.6. The first kappa shape index (κ1) is 14.4. The van der Waals surface area contributed by atoms with Crippen LogP contribution in [0.3, 0.4) is 0 Å². The van der Waals surface area contributed by atoms with Gasteiger partial charge in [-0.15, -0.1) is 0 Å². The second-order valence-corrected chi connectivity index (χ2v) is 7.97. The summed E-state index contributed by atoms with van der Waals surface area (Å²) in [4.78, 5) is 10.8. The van der Waals surface area contributed by atoms with Gasteiger partial charge in [0.2, 0.25) is 0 Å². The summed E-state index contributed by atoms with van der Waals surface area (Å²) < 4.78 is 0. The molecule has 0 amide bonds. The lowest BCUT2D eigenvalue weighted by Gasteiger charge is -2.52. The first-order chi connectivity index (χ1) is 9.71. The molecule has 1 fully saturated rings. The van der Waals surface area contributed by atoms with Crippen molar-refractivity contribution in [2.24, 2.45) is 11.3 Å². The number of hydrogen-bond acceptors (Lipinski definition) is 3. The summed E-state index contributed by atoms with van der Waals surface area (Å²) in [5, 5.41) is 14.7. The standard InChI is InChI=1S/C17H24N2O2/c1-16(2)8-7-12-15(10-16)18-14-6-5-11(19(20)21)9-13(14)17(12,3)4/h5-6,9,12,15,18H,7-8,10H2,1-4H3/t12-,15-/m1/s1. The van der Waals surface area contributed by atoms with Crippen LogP contribution in [-0.4, -0.2) is 11.0 Å². The van der Waals surface area contributed by atoms with Crippen molar-refractivity contribution in [1.29, 1.82) is 0 Å². The van der Waals surface area contributed by atoms with E-state index in [-0.39, 0.29) is 16.0 Å². The first-order valence-electron chi connectivity index (χ1n) is 7.76. The molecule has 0 bridgehead atoms. The average Bonchev–Trinajstić information content (AvgIpc) is 2.36. The fourth-order valence-electron chi connectivity index (χ4n) is 4.31. The van der Waals surface area contributed by atoms with Gasteiger partial charge in [0.15, 0.2) is 0 Å². The Morgan fingerprint density at radius 2 is 2.00 bits per heavy atom. The number of hydrogen-bond donors (Lipinski definition) is 1. The summed E-state index contributed by atoms with van der Waals surface area (Å²) in [6, 6.07) is 5.72. The van der Waals surface area contributed by atoms with Gasteiger partial charge in [-0.05, 0) is 47.6 Å². The predicted molar refractivity (Wildman–Crippen MR) is 84.7 cm³/mol. The molecule has 0 spiro atoms. The molecule has 1 saturated carbocycles. The topological polar surface area (TPSA) is 55.2 Å². The molecule has 4 nitrogen and oxygen atoms in total. The number of nitro benzene ring substituents is 1. The summed E-state index contributed by atoms with van der Waals surface area (Å²) in [6.45, 7) is 9.16. The maximum absolute atomic E-state index is 11.1. The summed E-state index contributed by atoms with van der Waals surface area (Å²) in [6.07, 6.45) is 3.57. The zero-order valence-electron chi connectivity index (χ0n) is 13.3. The molecule has 2 atom stereocenters. The quantitative estimate of drug-likeness (QED) is 0.611. The third-order valence-corrected chi connectivity index (χ3v) is 5.57. The Morgan fingerprint density at radius 3 is 2.67 bits per heavy atom. The van der Waals surface area contributed by atoms with Crippen LogP contribution < -0.4 is 5.32 Å². The van der Waals surface area contributed by atoms with Crippen molar-refractivity contribution in [2.45, 2.75) is 58.4 Å². The van der Waals surface area contributed by atoms with Crippen LogP contribution in [0, 0.1) is 21.4 Å². The Bertz CT molecular complexity index is 592. The molecular formula is C17H24N2O2. The number of nitro groups is 1. The smallest absolute Gasteiger partial charge is 0.269 e. The van der Waals surface area contributed by atoms with Gasteiger partial charge in [-0.25, -0.2) is 0 Å². The van der Waals surface area contributed by atoms with E-state index in [0.29, 0.717) is 17.4 Å². The van der Waals surface area contributed by atoms with E-state index in [1.807, 2.05) is 6.07 Å². The van der Waals surface area contributed by atoms with Gasteiger partial charge in [0.25, 0.3) is 5.69 Å². The number of benzene rings is 1. The van der Waals surface area contributed by atoms with E-state index in [1.165, 1.54) is 12.8 Å². The van der Waals surface area contributed by atoms with Gasteiger partial charge in [-0.1, -0.05) is 27.7 Å². The van der Waals surface area contributed by atoms with Crippen molar-refractivity contribution >= 4 is 11.4 Å². The molecule has 0 saturated heterocycles. The van der Waals surface area contributed by atoms with E-state index in [0.717, 1.165) is 17.7 Å². The van der Waals surface area contributed by atoms with Gasteiger partial charge in [-0.2, -0.15) is 0 Å². The maximum atomic E-state index is 11.1. The molecule has 0 radical (unpaired) electrons. The van der Waals surface area contributed by atoms with E-state index in [2.05, 4.69) is 33.0 Å². The first-order valence-corrected chi connectivity index (χ1v) is 7.76. The summed E-state index contributed by atoms with van der Waals surface area (Å²) in [7, 11) is 0. The summed E-state index contributed by atoms with van der Waals surface area (Å²) in [5.74, 6) is 0.542. The number of non-ortho nitro benzene ring substituents is 1. The molecule has 1 heterocycles. The second kappa shape index (κ2) is 4.46. The lowest BCUT2D eigenvalue weighted by atomic mass is 9.58. The van der Waals surface area contributed by atoms with Gasteiger partial charge in [0.1, 0.15) is 0 Å². The lowest BCUT2D eigenvalue weighted by Crippen LogP contribution is -2.50. The minimum Gasteiger partial charge on any atom is -0.382 e. The largest absolute Gasteiger partial charge is 0.382 e. The molecule has 1 N–H and O–H groups in total. The minimum atomic E-state index is -0.299. The number of nitrogens with one attached hydrogen (secondary N) is 1. The van der Waals surface area contributed by atoms with E-state index in [1.54, 1.807) is 12.1 Å². The fraction of sp³-hybridized carbons (Fsp3) is 0.647. The van der Waals surface area contributed by atoms with Crippen LogP contribution in [0.5, 0.6) is 0 Å². The Morgan fingerprint density at radius 1 is 1.29 bits per heavy atom. The molecule has 1 aliphatic heterocycles. The third-order valence-electron chi connectivity index (χ3n) is 5.57. The van der Waals surface area contributed by atoms with Crippen molar-refractivity contribution in [1.82, 2.24) is 0 Å². The molecule has 21 heavy (non-hydrogen) atoms. The van der Waals surface area contributed by atoms with Crippen LogP contribution in [0.25, 0.3) is 0 Å². The normalized spacial score (nSPS) is 29.0. The fourth-order valence-corrected chi connectivity index (χ4v) is 4.31. The van der Waals surface area contributed by atoms with Crippen LogP contribution in [0.15, 0.2) is 18.2 Å². The minimum absolute atomic E-state index is 0.0201. The molecule has 0 unspecified atom stereocenters. The van der Waals surface area contributed by atoms with E-state index in [9.17, 15) is 10.1 Å². The lowest BCUT2D eigenvalue weighted by molar-refractivity contribution is -0.385. The molecular weight excluding hydrogens is 264 g/mol. The molecule has 3 rings (SSSR count). The van der Waals surface area contributed by atoms with Gasteiger partial charge < -0.3 is 5.32 Å². The van der Waals surface area contributed by atoms with E-state index in [4.69, 9.17) is 0 Å². The zero-order chi connectivity index (χ0) is 15.4. The Balaban J connectivity index is 2.04. The summed E-state index contributed by atoms with van der Waals surface area (Å²) >= 11 is 0. The van der Waals surface area contributed by atoms with E-state index < -0.39 is 0 Å². The van der Waals surface area contributed by atoms with Crippen LogP contribution in [0.4, 0.5) is 11.4 Å². The molecule has 4 heteroatoms. The van der Waals surface area contributed by atoms with Crippen LogP contribution in [0.2, 0.25) is 0 Å². The third kappa shape index (κ3) is 2.30. The molecule has 1 aliphatic carbocycles. The Hall–Kier alpha value is -1.58. The zero-order valence-corrected chi connectivity index (χ0v) is 13.3. The average molecular weight is 288 g/mol. The monoisotopic (exact) mass is 288 g/mol. The van der Waals surface area contributed by atoms with E-state index >= 15 is 0 Å². The number of anilines is 1. The van der Waals surface area contributed by atoms with Crippen molar-refractivity contribution in [3.63, 3.8) is 0 Å². The van der Waals surface area contributed by atoms with Crippen molar-refractivity contribution in [2.75, 3.05) is 5.32 Å². The van der Waals surface area contributed by atoms with Crippen LogP contribution in [-0.2, 0) is 5.41 Å². The maximum Gasteiger partial charge on any atom is 0.269 e. The number of rotatable bonds is 1. The highest BCUT2D eigenvalue weighted by Crippen LogP contribution is 2.52. The van der Waals surface area contributed by atoms with Gasteiger partial charge in [0, 0.05) is 23.9 Å². The van der Waals surface area contributed by atoms with Crippen molar-refractivity contribution in [3.8, 4) is 0 Å². The molecule has 1 aromatic carbocycles. The van der Waals surface area contributed by atoms with Crippen molar-refractivity contribution < 1.29 is 4.92 Å². The Labute approximate surface area is 126 Å². The Kier molecular flexibility index (Phi) is 3.05.